The van der Waals surface area contributed by atoms with E-state index in [2.05, 4.69) is 0 Å². The third-order valence-electron chi connectivity index (χ3n) is 6.61. The number of rotatable bonds is 0. The Labute approximate surface area is 103 Å². The molecule has 88 valence electrons. The van der Waals surface area contributed by atoms with Gasteiger partial charge in [-0.3, -0.25) is 0 Å². The summed E-state index contributed by atoms with van der Waals surface area (Å²) in [4.78, 5) is 0. The summed E-state index contributed by atoms with van der Waals surface area (Å²) in [6.45, 7) is 0. The highest BCUT2D eigenvalue weighted by molar-refractivity contribution is 7.59. The van der Waals surface area contributed by atoms with Gasteiger partial charge in [-0.05, 0) is 54.8 Å². The Hall–Kier alpha value is 0.310. The highest BCUT2D eigenvalue weighted by Crippen LogP contribution is 2.67. The first-order valence-electron chi connectivity index (χ1n) is 7.12. The van der Waals surface area contributed by atoms with Crippen LogP contribution in [0.15, 0.2) is 0 Å². The van der Waals surface area contributed by atoms with Crippen molar-refractivity contribution in [2.24, 2.45) is 35.5 Å². The van der Waals surface area contributed by atoms with Crippen LogP contribution in [0.4, 0.5) is 0 Å². The molecule has 0 aromatic rings. The lowest BCUT2D eigenvalue weighted by Crippen LogP contribution is -2.36. The maximum absolute atomic E-state index is 5.76. The molecule has 0 spiro atoms. The summed E-state index contributed by atoms with van der Waals surface area (Å²) in [5, 5.41) is 0.617. The first-order valence-corrected chi connectivity index (χ1v) is 7.59. The standard InChI is InChI=1S/C14H20OS/c16-6-1-7-8(2-6)10-3-9(7)11-4-13-14(15-13)5-12(10)11/h6-14,16H,1-5H2/p-1. The average molecular weight is 235 g/mol. The quantitative estimate of drug-likeness (QED) is 0.472. The molecule has 0 radical (unpaired) electrons. The van der Waals surface area contributed by atoms with E-state index >= 15 is 0 Å². The average Bonchev–Trinajstić information content (AvgIpc) is 2.61. The molecule has 2 heteroatoms. The molecule has 1 heterocycles. The van der Waals surface area contributed by atoms with E-state index in [9.17, 15) is 0 Å². The Kier molecular flexibility index (Phi) is 1.64. The van der Waals surface area contributed by atoms with Gasteiger partial charge in [0, 0.05) is 0 Å². The minimum atomic E-state index is 0.617. The maximum atomic E-state index is 5.76. The molecule has 0 aromatic carbocycles. The monoisotopic (exact) mass is 235 g/mol. The zero-order chi connectivity index (χ0) is 10.4. The largest absolute Gasteiger partial charge is 0.789 e. The van der Waals surface area contributed by atoms with Crippen molar-refractivity contribution in [3.8, 4) is 0 Å². The Morgan fingerprint density at radius 3 is 1.62 bits per heavy atom. The van der Waals surface area contributed by atoms with Crippen molar-refractivity contribution in [1.29, 1.82) is 0 Å². The van der Waals surface area contributed by atoms with Gasteiger partial charge >= 0.3 is 0 Å². The third kappa shape index (κ3) is 1.00. The van der Waals surface area contributed by atoms with Crippen LogP contribution in [0.5, 0.6) is 0 Å². The number of fused-ring (bicyclic) bond motifs is 9. The van der Waals surface area contributed by atoms with Crippen LogP contribution in [0.25, 0.3) is 0 Å². The fraction of sp³-hybridized carbons (Fsp3) is 1.00. The lowest BCUT2D eigenvalue weighted by atomic mass is 9.64. The van der Waals surface area contributed by atoms with Gasteiger partial charge in [-0.15, -0.1) is 0 Å². The van der Waals surface area contributed by atoms with Gasteiger partial charge in [-0.2, -0.15) is 5.25 Å². The molecular weight excluding hydrogens is 216 g/mol. The summed E-state index contributed by atoms with van der Waals surface area (Å²) in [6.07, 6.45) is 8.48. The van der Waals surface area contributed by atoms with E-state index in [4.69, 9.17) is 17.4 Å². The Bertz CT molecular complexity index is 314. The van der Waals surface area contributed by atoms with Crippen molar-refractivity contribution in [3.05, 3.63) is 0 Å². The minimum Gasteiger partial charge on any atom is -0.789 e. The van der Waals surface area contributed by atoms with Crippen molar-refractivity contribution in [2.75, 3.05) is 0 Å². The number of ether oxygens (including phenoxy) is 1. The first-order chi connectivity index (χ1) is 7.81. The molecule has 4 aliphatic carbocycles. The van der Waals surface area contributed by atoms with Gasteiger partial charge in [0.25, 0.3) is 0 Å². The Balaban J connectivity index is 1.49. The molecule has 5 aliphatic rings. The van der Waals surface area contributed by atoms with Crippen LogP contribution < -0.4 is 0 Å². The minimum absolute atomic E-state index is 0.617. The van der Waals surface area contributed by atoms with E-state index in [1.165, 1.54) is 25.7 Å². The normalized spacial score (nSPS) is 69.9. The van der Waals surface area contributed by atoms with Crippen molar-refractivity contribution < 1.29 is 4.74 Å². The summed E-state index contributed by atoms with van der Waals surface area (Å²) >= 11 is 5.56. The number of epoxide rings is 1. The topological polar surface area (TPSA) is 12.5 Å². The van der Waals surface area contributed by atoms with Crippen molar-refractivity contribution in [3.63, 3.8) is 0 Å². The van der Waals surface area contributed by atoms with E-state index in [1.54, 1.807) is 6.42 Å². The lowest BCUT2D eigenvalue weighted by molar-refractivity contribution is 0.0909. The van der Waals surface area contributed by atoms with E-state index in [-0.39, 0.29) is 0 Å². The molecule has 1 nitrogen and oxygen atoms in total. The van der Waals surface area contributed by atoms with Gasteiger partial charge in [-0.25, -0.2) is 0 Å². The fourth-order valence-corrected chi connectivity index (χ4v) is 6.59. The SMILES string of the molecule is [S-]C1CC2C(C1)C1CC2C2CC3OC3CC21. The molecule has 8 atom stereocenters. The summed E-state index contributed by atoms with van der Waals surface area (Å²) < 4.78 is 5.76. The maximum Gasteiger partial charge on any atom is 0.0844 e. The molecule has 2 bridgehead atoms. The van der Waals surface area contributed by atoms with Crippen LogP contribution in [0, 0.1) is 35.5 Å². The first kappa shape index (κ1) is 9.27. The second kappa shape index (κ2) is 2.83. The Morgan fingerprint density at radius 2 is 1.06 bits per heavy atom. The molecule has 4 saturated carbocycles. The molecule has 5 rings (SSSR count). The molecule has 1 saturated heterocycles. The van der Waals surface area contributed by atoms with Crippen molar-refractivity contribution in [2.45, 2.75) is 49.6 Å². The van der Waals surface area contributed by atoms with Gasteiger partial charge in [0.15, 0.2) is 0 Å². The molecule has 0 amide bonds. The smallest absolute Gasteiger partial charge is 0.0844 e. The third-order valence-corrected chi connectivity index (χ3v) is 7.00. The summed E-state index contributed by atoms with van der Waals surface area (Å²) in [5.41, 5.74) is 0. The second-order valence-electron chi connectivity index (χ2n) is 7.00. The molecular formula is C14H19OS-. The second-order valence-corrected chi connectivity index (χ2v) is 7.66. The van der Waals surface area contributed by atoms with Crippen LogP contribution in [0.2, 0.25) is 0 Å². The van der Waals surface area contributed by atoms with Crippen LogP contribution >= 0.6 is 0 Å². The fourth-order valence-electron chi connectivity index (χ4n) is 6.15. The predicted molar refractivity (Wildman–Crippen MR) is 63.8 cm³/mol. The summed E-state index contributed by atoms with van der Waals surface area (Å²) in [6, 6.07) is 0. The highest BCUT2D eigenvalue weighted by atomic mass is 32.1. The number of hydrogen-bond donors (Lipinski definition) is 0. The molecule has 1 aliphatic heterocycles. The van der Waals surface area contributed by atoms with Crippen molar-refractivity contribution >= 4 is 12.6 Å². The van der Waals surface area contributed by atoms with E-state index in [0.29, 0.717) is 17.5 Å². The van der Waals surface area contributed by atoms with Crippen LogP contribution in [-0.2, 0) is 17.4 Å². The molecule has 8 unspecified atom stereocenters. The zero-order valence-electron chi connectivity index (χ0n) is 9.55. The zero-order valence-corrected chi connectivity index (χ0v) is 10.4. The van der Waals surface area contributed by atoms with Gasteiger partial charge in [-0.1, -0.05) is 12.8 Å². The molecule has 5 fully saturated rings. The molecule has 0 N–H and O–H groups in total. The van der Waals surface area contributed by atoms with Gasteiger partial charge in [0.05, 0.1) is 12.2 Å². The number of hydrogen-bond acceptors (Lipinski definition) is 2. The lowest BCUT2D eigenvalue weighted by Gasteiger charge is -2.40. The molecule has 16 heavy (non-hydrogen) atoms. The highest BCUT2D eigenvalue weighted by Gasteiger charge is 2.63. The predicted octanol–water partition coefficient (Wildman–Crippen LogP) is 2.37. The van der Waals surface area contributed by atoms with Gasteiger partial charge < -0.3 is 17.4 Å². The van der Waals surface area contributed by atoms with Gasteiger partial charge in [0.2, 0.25) is 0 Å². The van der Waals surface area contributed by atoms with E-state index in [1.807, 2.05) is 0 Å². The molecule has 0 aromatic heterocycles. The summed E-state index contributed by atoms with van der Waals surface area (Å²) in [7, 11) is 0. The van der Waals surface area contributed by atoms with Gasteiger partial charge in [0.1, 0.15) is 0 Å². The van der Waals surface area contributed by atoms with E-state index in [0.717, 1.165) is 35.5 Å². The Morgan fingerprint density at radius 1 is 0.625 bits per heavy atom. The van der Waals surface area contributed by atoms with E-state index < -0.39 is 0 Å². The summed E-state index contributed by atoms with van der Waals surface area (Å²) in [5.74, 6) is 6.25. The van der Waals surface area contributed by atoms with Crippen LogP contribution in [0.1, 0.15) is 32.1 Å². The van der Waals surface area contributed by atoms with Crippen LogP contribution in [0.3, 0.4) is 0 Å². The van der Waals surface area contributed by atoms with Crippen molar-refractivity contribution in [1.82, 2.24) is 0 Å². The van der Waals surface area contributed by atoms with Crippen LogP contribution in [-0.4, -0.2) is 17.5 Å².